The number of hydrogen-bond acceptors (Lipinski definition) is 5. The number of rotatable bonds is 6. The second-order valence-corrected chi connectivity index (χ2v) is 8.31. The average Bonchev–Trinajstić information content (AvgIpc) is 2.52. The van der Waals surface area contributed by atoms with Crippen LogP contribution in [-0.4, -0.2) is 49.1 Å². The molecule has 0 atom stereocenters. The van der Waals surface area contributed by atoms with E-state index in [1.165, 1.54) is 10.6 Å². The van der Waals surface area contributed by atoms with Crippen molar-refractivity contribution in [3.63, 3.8) is 0 Å². The summed E-state index contributed by atoms with van der Waals surface area (Å²) < 4.78 is 29.9. The van der Waals surface area contributed by atoms with Crippen molar-refractivity contribution >= 4 is 15.9 Å². The van der Waals surface area contributed by atoms with Crippen LogP contribution in [0.15, 0.2) is 18.3 Å². The maximum Gasteiger partial charge on any atom is 0.223 e. The van der Waals surface area contributed by atoms with Gasteiger partial charge in [-0.3, -0.25) is 4.79 Å². The Balaban J connectivity index is 1.79. The van der Waals surface area contributed by atoms with E-state index in [4.69, 9.17) is 4.74 Å². The molecular formula is C16H25N3O4S. The van der Waals surface area contributed by atoms with Crippen molar-refractivity contribution in [1.29, 1.82) is 0 Å². The average molecular weight is 355 g/mol. The van der Waals surface area contributed by atoms with Gasteiger partial charge in [0, 0.05) is 37.8 Å². The normalized spacial score (nSPS) is 17.0. The predicted molar refractivity (Wildman–Crippen MR) is 91.0 cm³/mol. The molecule has 24 heavy (non-hydrogen) atoms. The lowest BCUT2D eigenvalue weighted by molar-refractivity contribution is -0.126. The number of pyridine rings is 1. The fraction of sp³-hybridized carbons (Fsp3) is 0.625. The van der Waals surface area contributed by atoms with Crippen LogP contribution in [0.25, 0.3) is 0 Å². The number of aromatic nitrogens is 1. The fourth-order valence-corrected chi connectivity index (χ4v) is 3.48. The van der Waals surface area contributed by atoms with E-state index in [2.05, 4.69) is 10.3 Å². The lowest BCUT2D eigenvalue weighted by Gasteiger charge is -2.29. The third-order valence-corrected chi connectivity index (χ3v) is 5.22. The van der Waals surface area contributed by atoms with E-state index in [0.717, 1.165) is 5.56 Å². The molecule has 0 spiro atoms. The summed E-state index contributed by atoms with van der Waals surface area (Å²) in [5, 5.41) is 2.89. The Morgan fingerprint density at radius 2 is 2.04 bits per heavy atom. The Labute approximate surface area is 143 Å². The van der Waals surface area contributed by atoms with E-state index < -0.39 is 10.0 Å². The quantitative estimate of drug-likeness (QED) is 0.827. The first kappa shape index (κ1) is 18.7. The molecule has 1 aromatic rings. The zero-order valence-electron chi connectivity index (χ0n) is 14.4. The minimum atomic E-state index is -3.16. The highest BCUT2D eigenvalue weighted by molar-refractivity contribution is 7.88. The monoisotopic (exact) mass is 355 g/mol. The Hall–Kier alpha value is -1.67. The summed E-state index contributed by atoms with van der Waals surface area (Å²) in [6, 6.07) is 3.66. The summed E-state index contributed by atoms with van der Waals surface area (Å²) in [5.41, 5.74) is 0.896. The van der Waals surface area contributed by atoms with Gasteiger partial charge in [0.1, 0.15) is 0 Å². The number of carbonyl (C=O) groups is 1. The predicted octanol–water partition coefficient (Wildman–Crippen LogP) is 1.16. The van der Waals surface area contributed by atoms with E-state index in [9.17, 15) is 13.2 Å². The van der Waals surface area contributed by atoms with Crippen LogP contribution in [-0.2, 0) is 21.4 Å². The molecule has 2 rings (SSSR count). The van der Waals surface area contributed by atoms with Crippen molar-refractivity contribution < 1.29 is 17.9 Å². The van der Waals surface area contributed by atoms with E-state index in [0.29, 0.717) is 38.4 Å². The minimum absolute atomic E-state index is 0.0364. The van der Waals surface area contributed by atoms with E-state index >= 15 is 0 Å². The lowest BCUT2D eigenvalue weighted by Crippen LogP contribution is -2.42. The number of sulfonamides is 1. The highest BCUT2D eigenvalue weighted by Gasteiger charge is 2.28. The number of ether oxygens (including phenoxy) is 1. The molecule has 7 nitrogen and oxygen atoms in total. The second kappa shape index (κ2) is 7.94. The maximum atomic E-state index is 12.2. The molecule has 1 aliphatic heterocycles. The number of carbonyl (C=O) groups excluding carboxylic acids is 1. The Morgan fingerprint density at radius 1 is 1.38 bits per heavy atom. The van der Waals surface area contributed by atoms with Crippen molar-refractivity contribution in [3.8, 4) is 5.88 Å². The molecule has 0 aliphatic carbocycles. The van der Waals surface area contributed by atoms with E-state index in [1.54, 1.807) is 12.3 Å². The van der Waals surface area contributed by atoms with Crippen LogP contribution in [0.1, 0.15) is 32.3 Å². The first-order valence-corrected chi connectivity index (χ1v) is 9.95. The van der Waals surface area contributed by atoms with Crippen LogP contribution in [0.5, 0.6) is 5.88 Å². The summed E-state index contributed by atoms with van der Waals surface area (Å²) in [6.07, 6.45) is 4.06. The molecule has 1 N–H and O–H groups in total. The van der Waals surface area contributed by atoms with Crippen molar-refractivity contribution in [2.45, 2.75) is 39.3 Å². The summed E-state index contributed by atoms with van der Waals surface area (Å²) >= 11 is 0. The molecule has 1 aliphatic rings. The van der Waals surface area contributed by atoms with Crippen LogP contribution in [0.4, 0.5) is 0 Å². The zero-order valence-corrected chi connectivity index (χ0v) is 15.2. The van der Waals surface area contributed by atoms with Gasteiger partial charge in [0.15, 0.2) is 0 Å². The topological polar surface area (TPSA) is 88.6 Å². The maximum absolute atomic E-state index is 12.2. The van der Waals surface area contributed by atoms with Crippen LogP contribution in [0.3, 0.4) is 0 Å². The molecule has 0 bridgehead atoms. The Morgan fingerprint density at radius 3 is 2.54 bits per heavy atom. The summed E-state index contributed by atoms with van der Waals surface area (Å²) in [5.74, 6) is 0.387. The smallest absolute Gasteiger partial charge is 0.223 e. The first-order chi connectivity index (χ1) is 11.3. The molecule has 0 unspecified atom stereocenters. The number of nitrogens with one attached hydrogen (secondary N) is 1. The van der Waals surface area contributed by atoms with Crippen LogP contribution >= 0.6 is 0 Å². The molecule has 1 fully saturated rings. The van der Waals surface area contributed by atoms with Crippen molar-refractivity contribution in [3.05, 3.63) is 23.9 Å². The van der Waals surface area contributed by atoms with Crippen molar-refractivity contribution in [2.75, 3.05) is 19.3 Å². The molecule has 8 heteroatoms. The van der Waals surface area contributed by atoms with Gasteiger partial charge >= 0.3 is 0 Å². The SMILES string of the molecule is CC(C)Oc1ccc(CNC(=O)C2CCN(S(C)(=O)=O)CC2)cn1. The standard InChI is InChI=1S/C16H25N3O4S/c1-12(2)23-15-5-4-13(10-17-15)11-18-16(20)14-6-8-19(9-7-14)24(3,21)22/h4-5,10,12,14H,6-9,11H2,1-3H3,(H,18,20). The molecule has 0 radical (unpaired) electrons. The summed E-state index contributed by atoms with van der Waals surface area (Å²) in [7, 11) is -3.16. The molecule has 1 amide bonds. The van der Waals surface area contributed by atoms with Gasteiger partial charge in [0.2, 0.25) is 21.8 Å². The van der Waals surface area contributed by atoms with E-state index in [1.807, 2.05) is 19.9 Å². The Bertz CT molecular complexity index is 650. The van der Waals surface area contributed by atoms with Crippen LogP contribution < -0.4 is 10.1 Å². The molecule has 134 valence electrons. The highest BCUT2D eigenvalue weighted by atomic mass is 32.2. The second-order valence-electron chi connectivity index (χ2n) is 6.33. The summed E-state index contributed by atoms with van der Waals surface area (Å²) in [6.45, 7) is 5.08. The van der Waals surface area contributed by atoms with Gasteiger partial charge in [-0.2, -0.15) is 0 Å². The van der Waals surface area contributed by atoms with Gasteiger partial charge in [0.25, 0.3) is 0 Å². The minimum Gasteiger partial charge on any atom is -0.475 e. The van der Waals surface area contributed by atoms with E-state index in [-0.39, 0.29) is 17.9 Å². The molecule has 2 heterocycles. The van der Waals surface area contributed by atoms with Gasteiger partial charge in [0.05, 0.1) is 12.4 Å². The number of nitrogens with zero attached hydrogens (tertiary/aromatic N) is 2. The molecule has 0 aromatic carbocycles. The van der Waals surface area contributed by atoms with Gasteiger partial charge < -0.3 is 10.1 Å². The highest BCUT2D eigenvalue weighted by Crippen LogP contribution is 2.19. The van der Waals surface area contributed by atoms with Gasteiger partial charge in [-0.15, -0.1) is 0 Å². The largest absolute Gasteiger partial charge is 0.475 e. The molecule has 0 saturated carbocycles. The van der Waals surface area contributed by atoms with Gasteiger partial charge in [-0.25, -0.2) is 17.7 Å². The molecule has 1 saturated heterocycles. The Kier molecular flexibility index (Phi) is 6.17. The fourth-order valence-electron chi connectivity index (χ4n) is 2.61. The zero-order chi connectivity index (χ0) is 17.7. The number of hydrogen-bond donors (Lipinski definition) is 1. The first-order valence-electron chi connectivity index (χ1n) is 8.10. The third kappa shape index (κ3) is 5.45. The molecule has 1 aromatic heterocycles. The van der Waals surface area contributed by atoms with Crippen LogP contribution in [0, 0.1) is 5.92 Å². The number of piperidine rings is 1. The summed E-state index contributed by atoms with van der Waals surface area (Å²) in [4.78, 5) is 16.4. The van der Waals surface area contributed by atoms with Crippen LogP contribution in [0.2, 0.25) is 0 Å². The lowest BCUT2D eigenvalue weighted by atomic mass is 9.97. The third-order valence-electron chi connectivity index (χ3n) is 3.91. The number of amides is 1. The van der Waals surface area contributed by atoms with Gasteiger partial charge in [-0.1, -0.05) is 6.07 Å². The molecular weight excluding hydrogens is 330 g/mol. The van der Waals surface area contributed by atoms with Gasteiger partial charge in [-0.05, 0) is 32.3 Å². The van der Waals surface area contributed by atoms with Crippen molar-refractivity contribution in [1.82, 2.24) is 14.6 Å². The van der Waals surface area contributed by atoms with Crippen molar-refractivity contribution in [2.24, 2.45) is 5.92 Å².